The number of benzene rings is 1. The van der Waals surface area contributed by atoms with Gasteiger partial charge in [-0.15, -0.1) is 11.3 Å². The molecule has 1 heterocycles. The summed E-state index contributed by atoms with van der Waals surface area (Å²) < 4.78 is 20.1. The molecule has 2 aromatic rings. The first kappa shape index (κ1) is 14.5. The molecule has 0 aliphatic carbocycles. The molecule has 1 aromatic heterocycles. The maximum atomic E-state index is 13.3. The molecule has 0 aliphatic heterocycles. The Balaban J connectivity index is 2.13. The number of hydrogen-bond acceptors (Lipinski definition) is 3. The van der Waals surface area contributed by atoms with Crippen LogP contribution in [0.1, 0.15) is 17.4 Å². The van der Waals surface area contributed by atoms with Crippen molar-refractivity contribution in [3.63, 3.8) is 0 Å². The van der Waals surface area contributed by atoms with Crippen molar-refractivity contribution in [1.82, 2.24) is 0 Å². The minimum absolute atomic E-state index is 0.0300. The van der Waals surface area contributed by atoms with Crippen molar-refractivity contribution in [3.05, 3.63) is 50.4 Å². The van der Waals surface area contributed by atoms with Gasteiger partial charge in [0.1, 0.15) is 18.2 Å². The summed E-state index contributed by atoms with van der Waals surface area (Å²) in [6, 6.07) is 6.51. The molecule has 102 valence electrons. The molecule has 1 aromatic carbocycles. The van der Waals surface area contributed by atoms with E-state index in [0.717, 1.165) is 14.9 Å². The average Bonchev–Trinajstić information content (AvgIpc) is 2.73. The summed E-state index contributed by atoms with van der Waals surface area (Å²) in [7, 11) is 0. The summed E-state index contributed by atoms with van der Waals surface area (Å²) in [4.78, 5) is 1.11. The number of rotatable bonds is 5. The molecule has 2 rings (SSSR count). The second-order valence-electron chi connectivity index (χ2n) is 4.41. The van der Waals surface area contributed by atoms with Crippen LogP contribution in [0.2, 0.25) is 0 Å². The Bertz CT molecular complexity index is 556. The normalized spacial score (nSPS) is 12.4. The highest BCUT2D eigenvalue weighted by Gasteiger charge is 2.09. The Kier molecular flexibility index (Phi) is 4.96. The molecule has 0 radical (unpaired) electrons. The van der Waals surface area contributed by atoms with E-state index in [1.807, 2.05) is 18.4 Å². The molecule has 1 atom stereocenters. The number of halogens is 2. The van der Waals surface area contributed by atoms with E-state index < -0.39 is 0 Å². The molecule has 0 spiro atoms. The fraction of sp³-hybridized carbons (Fsp3) is 0.286. The Morgan fingerprint density at radius 3 is 2.84 bits per heavy atom. The van der Waals surface area contributed by atoms with Crippen molar-refractivity contribution in [3.8, 4) is 5.75 Å². The molecule has 0 amide bonds. The first-order valence-electron chi connectivity index (χ1n) is 5.95. The van der Waals surface area contributed by atoms with E-state index in [9.17, 15) is 4.39 Å². The average molecular weight is 344 g/mol. The van der Waals surface area contributed by atoms with Gasteiger partial charge in [-0.25, -0.2) is 4.39 Å². The van der Waals surface area contributed by atoms with Crippen molar-refractivity contribution in [2.24, 2.45) is 5.73 Å². The second-order valence-corrected chi connectivity index (χ2v) is 6.27. The molecule has 0 fully saturated rings. The third kappa shape index (κ3) is 4.03. The van der Waals surface area contributed by atoms with Gasteiger partial charge >= 0.3 is 0 Å². The Labute approximate surface area is 124 Å². The van der Waals surface area contributed by atoms with E-state index in [1.54, 1.807) is 17.4 Å². The van der Waals surface area contributed by atoms with Gasteiger partial charge in [0.05, 0.1) is 4.88 Å². The third-order valence-electron chi connectivity index (χ3n) is 2.61. The van der Waals surface area contributed by atoms with Crippen LogP contribution in [-0.4, -0.2) is 6.04 Å². The van der Waals surface area contributed by atoms with Gasteiger partial charge in [0.25, 0.3) is 0 Å². The van der Waals surface area contributed by atoms with Gasteiger partial charge in [-0.2, -0.15) is 0 Å². The Morgan fingerprint density at radius 2 is 2.21 bits per heavy atom. The SMILES string of the molecule is CC(N)Cc1cc(F)ccc1OCc1sccc1Br. The zero-order chi connectivity index (χ0) is 13.8. The van der Waals surface area contributed by atoms with Crippen LogP contribution < -0.4 is 10.5 Å². The van der Waals surface area contributed by atoms with Crippen LogP contribution in [0, 0.1) is 5.82 Å². The van der Waals surface area contributed by atoms with Gasteiger partial charge in [-0.3, -0.25) is 0 Å². The zero-order valence-corrected chi connectivity index (χ0v) is 12.9. The first-order chi connectivity index (χ1) is 9.06. The number of thiophene rings is 1. The van der Waals surface area contributed by atoms with Crippen molar-refractivity contribution < 1.29 is 9.13 Å². The molecule has 2 N–H and O–H groups in total. The minimum Gasteiger partial charge on any atom is -0.488 e. The molecular formula is C14H15BrFNOS. The predicted molar refractivity (Wildman–Crippen MR) is 80.1 cm³/mol. The lowest BCUT2D eigenvalue weighted by atomic mass is 10.1. The molecular weight excluding hydrogens is 329 g/mol. The molecule has 0 saturated heterocycles. The summed E-state index contributed by atoms with van der Waals surface area (Å²) in [5, 5.41) is 2.00. The maximum absolute atomic E-state index is 13.3. The molecule has 0 aliphatic rings. The van der Waals surface area contributed by atoms with Crippen molar-refractivity contribution in [2.75, 3.05) is 0 Å². The van der Waals surface area contributed by atoms with Gasteiger partial charge < -0.3 is 10.5 Å². The van der Waals surface area contributed by atoms with Crippen LogP contribution in [0.25, 0.3) is 0 Å². The van der Waals surface area contributed by atoms with Crippen molar-refractivity contribution in [2.45, 2.75) is 26.0 Å². The Hall–Kier alpha value is -0.910. The van der Waals surface area contributed by atoms with Gasteiger partial charge in [-0.1, -0.05) is 0 Å². The fourth-order valence-electron chi connectivity index (χ4n) is 1.77. The number of ether oxygens (including phenoxy) is 1. The summed E-state index contributed by atoms with van der Waals surface area (Å²) in [5.74, 6) is 0.430. The highest BCUT2D eigenvalue weighted by molar-refractivity contribution is 9.10. The molecule has 2 nitrogen and oxygen atoms in total. The standard InChI is InChI=1S/C14H15BrFNOS/c1-9(17)6-10-7-11(16)2-3-13(10)18-8-14-12(15)4-5-19-14/h2-5,7,9H,6,8,17H2,1H3. The highest BCUT2D eigenvalue weighted by Crippen LogP contribution is 2.26. The van der Waals surface area contributed by atoms with E-state index in [2.05, 4.69) is 15.9 Å². The Morgan fingerprint density at radius 1 is 1.42 bits per heavy atom. The van der Waals surface area contributed by atoms with Crippen LogP contribution in [0.3, 0.4) is 0 Å². The predicted octanol–water partition coefficient (Wildman–Crippen LogP) is 4.12. The second kappa shape index (κ2) is 6.50. The monoisotopic (exact) mass is 343 g/mol. The van der Waals surface area contributed by atoms with E-state index >= 15 is 0 Å². The number of nitrogens with two attached hydrogens (primary N) is 1. The number of hydrogen-bond donors (Lipinski definition) is 1. The molecule has 5 heteroatoms. The lowest BCUT2D eigenvalue weighted by molar-refractivity contribution is 0.304. The van der Waals surface area contributed by atoms with Crippen LogP contribution in [0.15, 0.2) is 34.1 Å². The van der Waals surface area contributed by atoms with Gasteiger partial charge in [0, 0.05) is 10.5 Å². The third-order valence-corrected chi connectivity index (χ3v) is 4.51. The van der Waals surface area contributed by atoms with Crippen LogP contribution in [0.5, 0.6) is 5.75 Å². The van der Waals surface area contributed by atoms with Crippen molar-refractivity contribution >= 4 is 27.3 Å². The summed E-state index contributed by atoms with van der Waals surface area (Å²) in [5.41, 5.74) is 6.58. The zero-order valence-electron chi connectivity index (χ0n) is 10.5. The highest BCUT2D eigenvalue weighted by atomic mass is 79.9. The van der Waals surface area contributed by atoms with Gasteiger partial charge in [0.15, 0.2) is 0 Å². The summed E-state index contributed by atoms with van der Waals surface area (Å²) in [6.07, 6.45) is 0.596. The van der Waals surface area contributed by atoms with E-state index in [0.29, 0.717) is 18.8 Å². The van der Waals surface area contributed by atoms with Crippen LogP contribution in [0.4, 0.5) is 4.39 Å². The lowest BCUT2D eigenvalue weighted by Gasteiger charge is -2.13. The molecule has 0 bridgehead atoms. The maximum Gasteiger partial charge on any atom is 0.124 e. The van der Waals surface area contributed by atoms with E-state index in [4.69, 9.17) is 10.5 Å². The topological polar surface area (TPSA) is 35.2 Å². The quantitative estimate of drug-likeness (QED) is 0.886. The smallest absolute Gasteiger partial charge is 0.124 e. The van der Waals surface area contributed by atoms with Crippen molar-refractivity contribution in [1.29, 1.82) is 0 Å². The fourth-order valence-corrected chi connectivity index (χ4v) is 3.14. The van der Waals surface area contributed by atoms with Crippen LogP contribution in [-0.2, 0) is 13.0 Å². The molecule has 19 heavy (non-hydrogen) atoms. The first-order valence-corrected chi connectivity index (χ1v) is 7.62. The van der Waals surface area contributed by atoms with Crippen LogP contribution >= 0.6 is 27.3 Å². The van der Waals surface area contributed by atoms with Gasteiger partial charge in [-0.05, 0) is 64.5 Å². The van der Waals surface area contributed by atoms with E-state index in [1.165, 1.54) is 12.1 Å². The van der Waals surface area contributed by atoms with Gasteiger partial charge in [0.2, 0.25) is 0 Å². The molecule has 1 unspecified atom stereocenters. The minimum atomic E-state index is -0.264. The largest absolute Gasteiger partial charge is 0.488 e. The molecule has 0 saturated carbocycles. The lowest BCUT2D eigenvalue weighted by Crippen LogP contribution is -2.18. The van der Waals surface area contributed by atoms with E-state index in [-0.39, 0.29) is 11.9 Å². The summed E-state index contributed by atoms with van der Waals surface area (Å²) >= 11 is 5.08. The summed E-state index contributed by atoms with van der Waals surface area (Å²) in [6.45, 7) is 2.36.